The van der Waals surface area contributed by atoms with Crippen molar-refractivity contribution in [3.05, 3.63) is 22.9 Å². The summed E-state index contributed by atoms with van der Waals surface area (Å²) in [4.78, 5) is 9.00. The summed E-state index contributed by atoms with van der Waals surface area (Å²) in [5, 5.41) is 4.08. The van der Waals surface area contributed by atoms with Crippen LogP contribution in [-0.2, 0) is 0 Å². The van der Waals surface area contributed by atoms with Crippen LogP contribution in [0.15, 0.2) is 22.9 Å². The van der Waals surface area contributed by atoms with E-state index in [0.717, 1.165) is 0 Å². The van der Waals surface area contributed by atoms with Crippen LogP contribution in [0, 0.1) is 0 Å². The maximum absolute atomic E-state index is 9.00. The third-order valence-corrected chi connectivity index (χ3v) is 1.05. The first-order valence-corrected chi connectivity index (χ1v) is 3.20. The molecule has 4 N–H and O–H groups in total. The normalized spacial score (nSPS) is 7.11. The lowest BCUT2D eigenvalue weighted by atomic mass is 10.7. The van der Waals surface area contributed by atoms with Crippen LogP contribution in [0.4, 0.5) is 4.79 Å². The average Bonchev–Trinajstić information content (AvgIpc) is 2.11. The molecule has 1 rings (SSSR count). The number of carbonyl (C=O) groups excluding carboxylic acids is 1. The van der Waals surface area contributed by atoms with E-state index in [2.05, 4.69) is 11.5 Å². The summed E-state index contributed by atoms with van der Waals surface area (Å²) in [6.07, 6.45) is 0. The molecule has 50 valence electrons. The Kier molecular flexibility index (Phi) is 4.53. The van der Waals surface area contributed by atoms with Gasteiger partial charge in [0.25, 0.3) is 0 Å². The highest BCUT2D eigenvalue weighted by molar-refractivity contribution is 7.07. The van der Waals surface area contributed by atoms with Gasteiger partial charge in [0.2, 0.25) is 0 Å². The highest BCUT2D eigenvalue weighted by Crippen LogP contribution is 1.91. The number of amides is 2. The Morgan fingerprint density at radius 2 is 1.56 bits per heavy atom. The summed E-state index contributed by atoms with van der Waals surface area (Å²) in [6.45, 7) is 0. The molecule has 0 saturated heterocycles. The Bertz CT molecular complexity index is 129. The van der Waals surface area contributed by atoms with E-state index >= 15 is 0 Å². The van der Waals surface area contributed by atoms with Gasteiger partial charge in [-0.15, -0.1) is 0 Å². The van der Waals surface area contributed by atoms with Crippen molar-refractivity contribution in [2.75, 3.05) is 0 Å². The van der Waals surface area contributed by atoms with Crippen molar-refractivity contribution in [3.63, 3.8) is 0 Å². The van der Waals surface area contributed by atoms with Crippen molar-refractivity contribution >= 4 is 17.4 Å². The lowest BCUT2D eigenvalue weighted by Gasteiger charge is -1.62. The number of nitrogens with two attached hydrogens (primary N) is 2. The second-order valence-electron chi connectivity index (χ2n) is 1.20. The molecule has 4 heteroatoms. The Morgan fingerprint density at radius 1 is 1.22 bits per heavy atom. The zero-order valence-electron chi connectivity index (χ0n) is 4.78. The second-order valence-corrected chi connectivity index (χ2v) is 2.01. The minimum absolute atomic E-state index is 0.833. The van der Waals surface area contributed by atoms with E-state index in [1.54, 1.807) is 11.3 Å². The number of thiophene rings is 1. The van der Waals surface area contributed by atoms with Gasteiger partial charge in [-0.2, -0.15) is 11.3 Å². The largest absolute Gasteiger partial charge is 0.352 e. The summed E-state index contributed by atoms with van der Waals surface area (Å²) in [7, 11) is 0. The van der Waals surface area contributed by atoms with E-state index in [1.165, 1.54) is 0 Å². The summed E-state index contributed by atoms with van der Waals surface area (Å²) < 4.78 is 0. The first kappa shape index (κ1) is 7.97. The molecule has 0 aliphatic rings. The topological polar surface area (TPSA) is 69.1 Å². The van der Waals surface area contributed by atoms with E-state index < -0.39 is 6.03 Å². The van der Waals surface area contributed by atoms with Crippen LogP contribution >= 0.6 is 11.3 Å². The minimum Gasteiger partial charge on any atom is -0.352 e. The molecule has 0 radical (unpaired) electrons. The molecule has 0 unspecified atom stereocenters. The monoisotopic (exact) mass is 144 g/mol. The van der Waals surface area contributed by atoms with Crippen LogP contribution in [0.5, 0.6) is 0 Å². The number of hydrogen-bond acceptors (Lipinski definition) is 2. The smallest absolute Gasteiger partial charge is 0.309 e. The van der Waals surface area contributed by atoms with Crippen molar-refractivity contribution in [2.24, 2.45) is 11.5 Å². The molecular formula is C5H8N2OS. The number of carbonyl (C=O) groups is 1. The SMILES string of the molecule is NC(N)=O.c1ccsc1. The Labute approximate surface area is 57.3 Å². The molecule has 0 atom stereocenters. The van der Waals surface area contributed by atoms with Gasteiger partial charge in [0.1, 0.15) is 0 Å². The summed E-state index contributed by atoms with van der Waals surface area (Å²) in [5.74, 6) is 0. The fourth-order valence-corrected chi connectivity index (χ4v) is 0.680. The fraction of sp³-hybridized carbons (Fsp3) is 0. The molecular weight excluding hydrogens is 136 g/mol. The molecule has 1 aromatic rings. The van der Waals surface area contributed by atoms with Gasteiger partial charge in [0.05, 0.1) is 0 Å². The van der Waals surface area contributed by atoms with E-state index in [4.69, 9.17) is 4.79 Å². The van der Waals surface area contributed by atoms with Crippen molar-refractivity contribution < 1.29 is 4.79 Å². The predicted octanol–water partition coefficient (Wildman–Crippen LogP) is 0.772. The molecule has 0 spiro atoms. The molecule has 0 fully saturated rings. The highest BCUT2D eigenvalue weighted by Gasteiger charge is 1.60. The van der Waals surface area contributed by atoms with Crippen molar-refractivity contribution in [1.29, 1.82) is 0 Å². The van der Waals surface area contributed by atoms with E-state index in [0.29, 0.717) is 0 Å². The molecule has 0 saturated carbocycles. The molecule has 1 heterocycles. The average molecular weight is 144 g/mol. The predicted molar refractivity (Wildman–Crippen MR) is 38.1 cm³/mol. The van der Waals surface area contributed by atoms with E-state index in [9.17, 15) is 0 Å². The van der Waals surface area contributed by atoms with Crippen LogP contribution in [0.25, 0.3) is 0 Å². The third kappa shape index (κ3) is 10.9. The van der Waals surface area contributed by atoms with Crippen LogP contribution in [0.3, 0.4) is 0 Å². The molecule has 3 nitrogen and oxygen atoms in total. The van der Waals surface area contributed by atoms with Gasteiger partial charge < -0.3 is 11.5 Å². The standard InChI is InChI=1S/C4H4S.CH4N2O/c1-2-4-5-3-1;2-1(3)4/h1-4H;(H4,2,3,4). The summed E-state index contributed by atoms with van der Waals surface area (Å²) in [6, 6.07) is 3.20. The van der Waals surface area contributed by atoms with Crippen molar-refractivity contribution in [2.45, 2.75) is 0 Å². The number of urea groups is 1. The van der Waals surface area contributed by atoms with Crippen molar-refractivity contribution in [3.8, 4) is 0 Å². The van der Waals surface area contributed by atoms with Gasteiger partial charge in [-0.1, -0.05) is 12.1 Å². The Balaban J connectivity index is 0.000000148. The molecule has 0 bridgehead atoms. The minimum atomic E-state index is -0.833. The quantitative estimate of drug-likeness (QED) is 0.554. The Hall–Kier alpha value is -1.03. The molecule has 0 aromatic carbocycles. The number of primary amides is 2. The van der Waals surface area contributed by atoms with Gasteiger partial charge in [0, 0.05) is 0 Å². The first-order chi connectivity index (χ1) is 4.23. The molecule has 9 heavy (non-hydrogen) atoms. The maximum Gasteiger partial charge on any atom is 0.309 e. The van der Waals surface area contributed by atoms with E-state index in [-0.39, 0.29) is 0 Å². The van der Waals surface area contributed by atoms with Gasteiger partial charge in [-0.3, -0.25) is 0 Å². The summed E-state index contributed by atoms with van der Waals surface area (Å²) in [5.41, 5.74) is 8.50. The zero-order chi connectivity index (χ0) is 7.11. The second kappa shape index (κ2) is 5.11. The molecule has 0 aliphatic carbocycles. The van der Waals surface area contributed by atoms with Crippen LogP contribution in [0.1, 0.15) is 0 Å². The van der Waals surface area contributed by atoms with Crippen LogP contribution in [0.2, 0.25) is 0 Å². The van der Waals surface area contributed by atoms with Crippen molar-refractivity contribution in [1.82, 2.24) is 0 Å². The first-order valence-electron chi connectivity index (χ1n) is 2.25. The number of rotatable bonds is 0. The molecule has 2 amide bonds. The Morgan fingerprint density at radius 3 is 1.67 bits per heavy atom. The van der Waals surface area contributed by atoms with Gasteiger partial charge >= 0.3 is 6.03 Å². The third-order valence-electron chi connectivity index (χ3n) is 0.425. The maximum atomic E-state index is 9.00. The molecule has 1 aromatic heterocycles. The lowest BCUT2D eigenvalue weighted by Crippen LogP contribution is -2.18. The zero-order valence-corrected chi connectivity index (χ0v) is 5.60. The van der Waals surface area contributed by atoms with E-state index in [1.807, 2.05) is 22.9 Å². The van der Waals surface area contributed by atoms with Gasteiger partial charge in [-0.05, 0) is 10.8 Å². The number of hydrogen-bond donors (Lipinski definition) is 2. The fourth-order valence-electron chi connectivity index (χ4n) is 0.227. The summed E-state index contributed by atoms with van der Waals surface area (Å²) >= 11 is 1.71. The molecule has 0 aliphatic heterocycles. The highest BCUT2D eigenvalue weighted by atomic mass is 32.1. The van der Waals surface area contributed by atoms with Crippen LogP contribution in [-0.4, -0.2) is 6.03 Å². The lowest BCUT2D eigenvalue weighted by molar-refractivity contribution is 0.256. The van der Waals surface area contributed by atoms with Gasteiger partial charge in [0.15, 0.2) is 0 Å². The van der Waals surface area contributed by atoms with Crippen LogP contribution < -0.4 is 11.5 Å². The van der Waals surface area contributed by atoms with Gasteiger partial charge in [-0.25, -0.2) is 4.79 Å².